The van der Waals surface area contributed by atoms with Crippen LogP contribution in [0.3, 0.4) is 0 Å². The Hall–Kier alpha value is -3.72. The summed E-state index contributed by atoms with van der Waals surface area (Å²) >= 11 is 1.36. The van der Waals surface area contributed by atoms with Gasteiger partial charge in [0.15, 0.2) is 16.9 Å². The lowest BCUT2D eigenvalue weighted by Gasteiger charge is -2.23. The summed E-state index contributed by atoms with van der Waals surface area (Å²) in [5.41, 5.74) is 1.11. The van der Waals surface area contributed by atoms with Crippen LogP contribution in [0, 0.1) is 5.92 Å². The second kappa shape index (κ2) is 11.6. The van der Waals surface area contributed by atoms with Gasteiger partial charge in [-0.2, -0.15) is 0 Å². The molecule has 1 unspecified atom stereocenters. The number of hydrogen-bond donors (Lipinski definition) is 0. The minimum absolute atomic E-state index is 0.0273. The van der Waals surface area contributed by atoms with Crippen LogP contribution in [-0.4, -0.2) is 29.8 Å². The number of nitrogens with zero attached hydrogens (tertiary/aromatic N) is 3. The van der Waals surface area contributed by atoms with Crippen LogP contribution < -0.4 is 19.8 Å². The molecule has 39 heavy (non-hydrogen) atoms. The maximum Gasteiger partial charge on any atom is 0.297 e. The van der Waals surface area contributed by atoms with Crippen LogP contribution in [0.2, 0.25) is 0 Å². The van der Waals surface area contributed by atoms with Crippen molar-refractivity contribution in [1.29, 1.82) is 0 Å². The number of para-hydroxylation sites is 1. The number of hydrogen-bond acceptors (Lipinski definition) is 8. The van der Waals surface area contributed by atoms with Gasteiger partial charge in [-0.3, -0.25) is 14.5 Å². The molecule has 0 saturated heterocycles. The Morgan fingerprint density at radius 3 is 2.64 bits per heavy atom. The van der Waals surface area contributed by atoms with Crippen molar-refractivity contribution in [3.05, 3.63) is 74.6 Å². The van der Waals surface area contributed by atoms with E-state index < -0.39 is 11.9 Å². The fourth-order valence-electron chi connectivity index (χ4n) is 4.89. The second-order valence-electron chi connectivity index (χ2n) is 10.1. The quantitative estimate of drug-likeness (QED) is 0.196. The van der Waals surface area contributed by atoms with Gasteiger partial charge in [0, 0.05) is 6.42 Å². The molecule has 204 valence electrons. The first kappa shape index (κ1) is 26.9. The molecule has 0 radical (unpaired) electrons. The van der Waals surface area contributed by atoms with Crippen molar-refractivity contribution < 1.29 is 18.7 Å². The summed E-state index contributed by atoms with van der Waals surface area (Å²) in [4.78, 5) is 29.2. The number of unbranched alkanes of at least 4 members (excludes halogenated alkanes) is 3. The van der Waals surface area contributed by atoms with E-state index in [1.807, 2.05) is 18.2 Å². The van der Waals surface area contributed by atoms with E-state index in [-0.39, 0.29) is 16.8 Å². The van der Waals surface area contributed by atoms with E-state index in [2.05, 4.69) is 31.0 Å². The van der Waals surface area contributed by atoms with Gasteiger partial charge in [0.1, 0.15) is 10.6 Å². The van der Waals surface area contributed by atoms with Gasteiger partial charge in [0.05, 0.1) is 30.7 Å². The lowest BCUT2D eigenvalue weighted by molar-refractivity contribution is 0.0970. The van der Waals surface area contributed by atoms with E-state index in [0.29, 0.717) is 45.7 Å². The maximum absolute atomic E-state index is 13.8. The Balaban J connectivity index is 1.59. The second-order valence-corrected chi connectivity index (χ2v) is 11.2. The summed E-state index contributed by atoms with van der Waals surface area (Å²) in [6.45, 7) is 6.98. The van der Waals surface area contributed by atoms with Gasteiger partial charge in [-0.15, -0.1) is 10.2 Å². The first-order valence-corrected chi connectivity index (χ1v) is 14.3. The smallest absolute Gasteiger partial charge is 0.297 e. The molecular formula is C30H33N3O5S. The molecule has 9 heteroatoms. The third kappa shape index (κ3) is 5.28. The van der Waals surface area contributed by atoms with E-state index in [1.165, 1.54) is 22.7 Å². The predicted molar refractivity (Wildman–Crippen MR) is 152 cm³/mol. The molecular weight excluding hydrogens is 514 g/mol. The molecule has 0 N–H and O–H groups in total. The number of aromatic nitrogens is 2. The standard InChI is InChI=1S/C30H33N3O5S/c1-5-6-7-10-15-37-22-14-13-19(17-23(22)36-4)26-25-27(34)20-11-8-9-12-21(20)38-28(25)29(35)33(26)30-32-31-24(39-30)16-18(2)3/h8-9,11-14,17-18,26H,5-7,10,15-16H2,1-4H3. The number of fused-ring (bicyclic) bond motifs is 2. The third-order valence-electron chi connectivity index (χ3n) is 6.78. The molecule has 0 aliphatic carbocycles. The first-order chi connectivity index (χ1) is 18.9. The Labute approximate surface area is 231 Å². The molecule has 2 aromatic heterocycles. The zero-order chi connectivity index (χ0) is 27.5. The highest BCUT2D eigenvalue weighted by atomic mass is 32.1. The summed E-state index contributed by atoms with van der Waals surface area (Å²) in [6.07, 6.45) is 5.15. The Morgan fingerprint density at radius 2 is 1.87 bits per heavy atom. The number of benzene rings is 2. The lowest BCUT2D eigenvalue weighted by atomic mass is 9.98. The van der Waals surface area contributed by atoms with Gasteiger partial charge < -0.3 is 13.9 Å². The molecule has 1 aliphatic rings. The highest BCUT2D eigenvalue weighted by Gasteiger charge is 2.45. The number of methoxy groups -OCH3 is 1. The fraction of sp³-hybridized carbons (Fsp3) is 0.400. The van der Waals surface area contributed by atoms with Crippen LogP contribution >= 0.6 is 11.3 Å². The largest absolute Gasteiger partial charge is 0.493 e. The molecule has 4 aromatic rings. The average molecular weight is 548 g/mol. The summed E-state index contributed by atoms with van der Waals surface area (Å²) in [5, 5.41) is 10.4. The van der Waals surface area contributed by atoms with Crippen LogP contribution in [0.4, 0.5) is 5.13 Å². The molecule has 0 fully saturated rings. The van der Waals surface area contributed by atoms with Gasteiger partial charge >= 0.3 is 0 Å². The zero-order valence-electron chi connectivity index (χ0n) is 22.7. The average Bonchev–Trinajstić information content (AvgIpc) is 3.50. The van der Waals surface area contributed by atoms with Crippen LogP contribution in [0.25, 0.3) is 11.0 Å². The maximum atomic E-state index is 13.8. The van der Waals surface area contributed by atoms with Gasteiger partial charge in [0.25, 0.3) is 5.91 Å². The van der Waals surface area contributed by atoms with Gasteiger partial charge in [0.2, 0.25) is 10.9 Å². The summed E-state index contributed by atoms with van der Waals surface area (Å²) in [5.74, 6) is 1.15. The first-order valence-electron chi connectivity index (χ1n) is 13.4. The number of ether oxygens (including phenoxy) is 2. The summed E-state index contributed by atoms with van der Waals surface area (Å²) in [7, 11) is 1.58. The molecule has 0 saturated carbocycles. The van der Waals surface area contributed by atoms with Gasteiger partial charge in [-0.25, -0.2) is 0 Å². The third-order valence-corrected chi connectivity index (χ3v) is 7.73. The number of carbonyl (C=O) groups is 1. The Kier molecular flexibility index (Phi) is 7.97. The molecule has 0 bridgehead atoms. The van der Waals surface area contributed by atoms with Crippen molar-refractivity contribution in [2.45, 2.75) is 58.9 Å². The van der Waals surface area contributed by atoms with Crippen molar-refractivity contribution >= 4 is 33.3 Å². The minimum atomic E-state index is -0.749. The SMILES string of the molecule is CCCCCCOc1ccc(C2c3c(oc4ccccc4c3=O)C(=O)N2c2nnc(CC(C)C)s2)cc1OC. The highest BCUT2D eigenvalue weighted by Crippen LogP contribution is 2.44. The van der Waals surface area contributed by atoms with Crippen molar-refractivity contribution in [2.75, 3.05) is 18.6 Å². The molecule has 1 aliphatic heterocycles. The van der Waals surface area contributed by atoms with E-state index in [1.54, 1.807) is 31.4 Å². The van der Waals surface area contributed by atoms with Gasteiger partial charge in [-0.1, -0.05) is 69.6 Å². The topological polar surface area (TPSA) is 94.8 Å². The number of carbonyl (C=O) groups excluding carboxylic acids is 1. The number of anilines is 1. The Bertz CT molecular complexity index is 1540. The molecule has 1 atom stereocenters. The summed E-state index contributed by atoms with van der Waals surface area (Å²) in [6, 6.07) is 11.8. The number of amides is 1. The van der Waals surface area contributed by atoms with Crippen LogP contribution in [0.1, 0.15) is 79.2 Å². The van der Waals surface area contributed by atoms with Crippen molar-refractivity contribution in [2.24, 2.45) is 5.92 Å². The van der Waals surface area contributed by atoms with Crippen LogP contribution in [0.5, 0.6) is 11.5 Å². The monoisotopic (exact) mass is 547 g/mol. The summed E-state index contributed by atoms with van der Waals surface area (Å²) < 4.78 is 17.7. The van der Waals surface area contributed by atoms with Gasteiger partial charge in [-0.05, 0) is 42.2 Å². The molecule has 2 aromatic carbocycles. The number of rotatable bonds is 11. The molecule has 1 amide bonds. The van der Waals surface area contributed by atoms with E-state index in [9.17, 15) is 9.59 Å². The molecule has 8 nitrogen and oxygen atoms in total. The lowest BCUT2D eigenvalue weighted by Crippen LogP contribution is -2.29. The van der Waals surface area contributed by atoms with E-state index in [0.717, 1.165) is 30.7 Å². The molecule has 5 rings (SSSR count). The Morgan fingerprint density at radius 1 is 1.05 bits per heavy atom. The van der Waals surface area contributed by atoms with Crippen molar-refractivity contribution in [3.8, 4) is 11.5 Å². The molecule has 3 heterocycles. The predicted octanol–water partition coefficient (Wildman–Crippen LogP) is 6.56. The van der Waals surface area contributed by atoms with Crippen LogP contribution in [-0.2, 0) is 6.42 Å². The van der Waals surface area contributed by atoms with E-state index in [4.69, 9.17) is 13.9 Å². The zero-order valence-corrected chi connectivity index (χ0v) is 23.5. The fourth-order valence-corrected chi connectivity index (χ4v) is 5.97. The van der Waals surface area contributed by atoms with Crippen molar-refractivity contribution in [1.82, 2.24) is 10.2 Å². The minimum Gasteiger partial charge on any atom is -0.493 e. The van der Waals surface area contributed by atoms with E-state index >= 15 is 0 Å². The highest BCUT2D eigenvalue weighted by molar-refractivity contribution is 7.15. The van der Waals surface area contributed by atoms with Crippen LogP contribution in [0.15, 0.2) is 51.7 Å². The van der Waals surface area contributed by atoms with Crippen molar-refractivity contribution in [3.63, 3.8) is 0 Å². The normalized spacial score (nSPS) is 14.8. The molecule has 0 spiro atoms.